The fourth-order valence-electron chi connectivity index (χ4n) is 2.45. The molecule has 0 saturated carbocycles. The Morgan fingerprint density at radius 2 is 2.27 bits per heavy atom. The molecule has 1 nitrogen and oxygen atoms in total. The summed E-state index contributed by atoms with van der Waals surface area (Å²) in [6, 6.07) is 7.20. The Kier molecular flexibility index (Phi) is 3.47. The molecule has 0 bridgehead atoms. The van der Waals surface area contributed by atoms with Crippen LogP contribution < -0.4 is 5.32 Å². The van der Waals surface area contributed by atoms with E-state index in [4.69, 9.17) is 0 Å². The number of fused-ring (bicyclic) bond motifs is 1. The van der Waals surface area contributed by atoms with Crippen LogP contribution in [0.4, 0.5) is 0 Å². The summed E-state index contributed by atoms with van der Waals surface area (Å²) in [6.07, 6.45) is 3.74. The molecule has 1 aliphatic rings. The van der Waals surface area contributed by atoms with E-state index in [0.717, 1.165) is 5.92 Å². The molecule has 0 spiro atoms. The molecule has 0 fully saturated rings. The predicted octanol–water partition coefficient (Wildman–Crippen LogP) is 3.16. The highest BCUT2D eigenvalue weighted by atomic mass is 79.9. The first-order chi connectivity index (χ1) is 7.22. The molecule has 15 heavy (non-hydrogen) atoms. The summed E-state index contributed by atoms with van der Waals surface area (Å²) >= 11 is 3.64. The lowest BCUT2D eigenvalue weighted by molar-refractivity contribution is 0.354. The average Bonchev–Trinajstić information content (AvgIpc) is 2.28. The van der Waals surface area contributed by atoms with E-state index >= 15 is 0 Å². The molecule has 2 unspecified atom stereocenters. The average molecular weight is 268 g/mol. The van der Waals surface area contributed by atoms with Crippen LogP contribution in [0.3, 0.4) is 0 Å². The molecule has 0 aliphatic heterocycles. The molecular weight excluding hydrogens is 250 g/mol. The van der Waals surface area contributed by atoms with Gasteiger partial charge in [-0.05, 0) is 56.3 Å². The summed E-state index contributed by atoms with van der Waals surface area (Å²) in [6.45, 7) is 2.29. The van der Waals surface area contributed by atoms with Crippen LogP contribution in [0.1, 0.15) is 24.5 Å². The van der Waals surface area contributed by atoms with E-state index in [9.17, 15) is 0 Å². The summed E-state index contributed by atoms with van der Waals surface area (Å²) < 4.78 is 1.29. The topological polar surface area (TPSA) is 12.0 Å². The van der Waals surface area contributed by atoms with Crippen LogP contribution in [0.25, 0.3) is 0 Å². The summed E-state index contributed by atoms with van der Waals surface area (Å²) in [4.78, 5) is 0. The standard InChI is InChI=1S/C13H18BrN/c1-9(15-2)10-6-7-12-11(8-10)4-3-5-13(12)14/h3-5,9-10,15H,6-8H2,1-2H3. The van der Waals surface area contributed by atoms with E-state index < -0.39 is 0 Å². The zero-order valence-corrected chi connectivity index (χ0v) is 11.0. The maximum Gasteiger partial charge on any atom is 0.0210 e. The molecule has 2 atom stereocenters. The van der Waals surface area contributed by atoms with Gasteiger partial charge in [0, 0.05) is 10.5 Å². The van der Waals surface area contributed by atoms with Gasteiger partial charge in [0.25, 0.3) is 0 Å². The third-order valence-electron chi connectivity index (χ3n) is 3.63. The van der Waals surface area contributed by atoms with Gasteiger partial charge in [0.15, 0.2) is 0 Å². The summed E-state index contributed by atoms with van der Waals surface area (Å²) in [5.74, 6) is 0.789. The van der Waals surface area contributed by atoms with Crippen molar-refractivity contribution in [3.63, 3.8) is 0 Å². The summed E-state index contributed by atoms with van der Waals surface area (Å²) in [5.41, 5.74) is 3.06. The van der Waals surface area contributed by atoms with Gasteiger partial charge in [-0.3, -0.25) is 0 Å². The lowest BCUT2D eigenvalue weighted by Gasteiger charge is -2.29. The normalized spacial score (nSPS) is 22.2. The van der Waals surface area contributed by atoms with Crippen molar-refractivity contribution in [3.05, 3.63) is 33.8 Å². The van der Waals surface area contributed by atoms with Crippen molar-refractivity contribution in [3.8, 4) is 0 Å². The molecule has 1 aromatic carbocycles. The SMILES string of the molecule is CNC(C)C1CCc2c(Br)cccc2C1. The number of hydrogen-bond donors (Lipinski definition) is 1. The van der Waals surface area contributed by atoms with Crippen LogP contribution in [0.5, 0.6) is 0 Å². The lowest BCUT2D eigenvalue weighted by atomic mass is 9.80. The summed E-state index contributed by atoms with van der Waals surface area (Å²) in [7, 11) is 2.06. The first kappa shape index (κ1) is 11.2. The number of nitrogens with one attached hydrogen (secondary N) is 1. The van der Waals surface area contributed by atoms with E-state index in [1.165, 1.54) is 34.9 Å². The van der Waals surface area contributed by atoms with Crippen LogP contribution in [0.2, 0.25) is 0 Å². The number of benzene rings is 1. The Hall–Kier alpha value is -0.340. The van der Waals surface area contributed by atoms with E-state index in [1.54, 1.807) is 0 Å². The Labute approximate surface area is 100 Å². The Bertz CT molecular complexity index is 348. The van der Waals surface area contributed by atoms with Crippen molar-refractivity contribution >= 4 is 15.9 Å². The Morgan fingerprint density at radius 1 is 1.47 bits per heavy atom. The first-order valence-corrected chi connectivity index (χ1v) is 6.45. The highest BCUT2D eigenvalue weighted by Crippen LogP contribution is 2.31. The fourth-order valence-corrected chi connectivity index (χ4v) is 3.06. The van der Waals surface area contributed by atoms with Crippen molar-refractivity contribution in [2.45, 2.75) is 32.2 Å². The van der Waals surface area contributed by atoms with E-state index in [2.05, 4.69) is 53.4 Å². The second-order valence-electron chi connectivity index (χ2n) is 4.46. The second-order valence-corrected chi connectivity index (χ2v) is 5.31. The van der Waals surface area contributed by atoms with Crippen molar-refractivity contribution in [1.82, 2.24) is 5.32 Å². The van der Waals surface area contributed by atoms with Crippen molar-refractivity contribution in [2.24, 2.45) is 5.92 Å². The van der Waals surface area contributed by atoms with Gasteiger partial charge >= 0.3 is 0 Å². The quantitative estimate of drug-likeness (QED) is 0.868. The maximum atomic E-state index is 3.64. The third kappa shape index (κ3) is 2.26. The minimum absolute atomic E-state index is 0.622. The number of halogens is 1. The smallest absolute Gasteiger partial charge is 0.0210 e. The van der Waals surface area contributed by atoms with Crippen molar-refractivity contribution in [2.75, 3.05) is 7.05 Å². The van der Waals surface area contributed by atoms with Gasteiger partial charge < -0.3 is 5.32 Å². The summed E-state index contributed by atoms with van der Waals surface area (Å²) in [5, 5.41) is 3.37. The van der Waals surface area contributed by atoms with E-state index in [-0.39, 0.29) is 0 Å². The molecule has 1 aromatic rings. The van der Waals surface area contributed by atoms with Gasteiger partial charge in [-0.15, -0.1) is 0 Å². The molecule has 2 rings (SSSR count). The molecule has 82 valence electrons. The Morgan fingerprint density at radius 3 is 3.00 bits per heavy atom. The van der Waals surface area contributed by atoms with Gasteiger partial charge in [0.1, 0.15) is 0 Å². The van der Waals surface area contributed by atoms with Gasteiger partial charge in [-0.25, -0.2) is 0 Å². The molecule has 0 radical (unpaired) electrons. The van der Waals surface area contributed by atoms with Gasteiger partial charge in [-0.2, -0.15) is 0 Å². The highest BCUT2D eigenvalue weighted by Gasteiger charge is 2.23. The number of rotatable bonds is 2. The van der Waals surface area contributed by atoms with Crippen molar-refractivity contribution in [1.29, 1.82) is 0 Å². The maximum absolute atomic E-state index is 3.64. The molecule has 1 aliphatic carbocycles. The van der Waals surface area contributed by atoms with Gasteiger partial charge in [-0.1, -0.05) is 28.1 Å². The minimum Gasteiger partial charge on any atom is -0.317 e. The molecule has 0 amide bonds. The molecule has 2 heteroatoms. The van der Waals surface area contributed by atoms with Crippen molar-refractivity contribution < 1.29 is 0 Å². The van der Waals surface area contributed by atoms with Crippen LogP contribution in [0.15, 0.2) is 22.7 Å². The highest BCUT2D eigenvalue weighted by molar-refractivity contribution is 9.10. The molecule has 0 heterocycles. The third-order valence-corrected chi connectivity index (χ3v) is 4.37. The molecular formula is C13H18BrN. The zero-order chi connectivity index (χ0) is 10.8. The van der Waals surface area contributed by atoms with Gasteiger partial charge in [0.2, 0.25) is 0 Å². The van der Waals surface area contributed by atoms with Gasteiger partial charge in [0.05, 0.1) is 0 Å². The first-order valence-electron chi connectivity index (χ1n) is 5.66. The van der Waals surface area contributed by atoms with Crippen LogP contribution in [-0.4, -0.2) is 13.1 Å². The van der Waals surface area contributed by atoms with E-state index in [1.807, 2.05) is 0 Å². The minimum atomic E-state index is 0.622. The number of hydrogen-bond acceptors (Lipinski definition) is 1. The Balaban J connectivity index is 2.20. The lowest BCUT2D eigenvalue weighted by Crippen LogP contribution is -2.34. The fraction of sp³-hybridized carbons (Fsp3) is 0.538. The zero-order valence-electron chi connectivity index (χ0n) is 9.39. The van der Waals surface area contributed by atoms with Crippen LogP contribution in [-0.2, 0) is 12.8 Å². The molecule has 0 aromatic heterocycles. The molecule has 0 saturated heterocycles. The largest absolute Gasteiger partial charge is 0.317 e. The predicted molar refractivity (Wildman–Crippen MR) is 68.2 cm³/mol. The second kappa shape index (κ2) is 4.67. The van der Waals surface area contributed by atoms with Crippen LogP contribution >= 0.6 is 15.9 Å². The van der Waals surface area contributed by atoms with Crippen LogP contribution in [0, 0.1) is 5.92 Å². The molecule has 1 N–H and O–H groups in total. The van der Waals surface area contributed by atoms with E-state index in [0.29, 0.717) is 6.04 Å². The monoisotopic (exact) mass is 267 g/mol.